The molecule has 0 fully saturated rings. The number of sulfonamides is 1. The van der Waals surface area contributed by atoms with Crippen LogP contribution >= 0.6 is 15.9 Å². The van der Waals surface area contributed by atoms with Gasteiger partial charge in [-0.15, -0.1) is 0 Å². The summed E-state index contributed by atoms with van der Waals surface area (Å²) in [4.78, 5) is 18.0. The molecule has 0 unspecified atom stereocenters. The van der Waals surface area contributed by atoms with E-state index >= 15 is 0 Å². The van der Waals surface area contributed by atoms with Crippen molar-refractivity contribution in [3.8, 4) is 0 Å². The molecule has 2 rings (SSSR count). The van der Waals surface area contributed by atoms with E-state index < -0.39 is 22.5 Å². The molecule has 0 bridgehead atoms. The third-order valence-corrected chi connectivity index (χ3v) is 3.80. The third-order valence-electron chi connectivity index (χ3n) is 2.08. The van der Waals surface area contributed by atoms with Gasteiger partial charge in [0.15, 0.2) is 5.82 Å². The summed E-state index contributed by atoms with van der Waals surface area (Å²) in [6, 6.07) is 0. The second-order valence-corrected chi connectivity index (χ2v) is 6.09. The Labute approximate surface area is 121 Å². The smallest absolute Gasteiger partial charge is 0.325 e. The Morgan fingerprint density at radius 2 is 2.10 bits per heavy atom. The lowest BCUT2D eigenvalue weighted by molar-refractivity contribution is -0.137. The predicted molar refractivity (Wildman–Crippen MR) is 70.4 cm³/mol. The summed E-state index contributed by atoms with van der Waals surface area (Å²) in [7, 11) is -3.89. The molecule has 9 nitrogen and oxygen atoms in total. The number of anilines is 1. The van der Waals surface area contributed by atoms with E-state index in [2.05, 4.69) is 35.7 Å². The van der Waals surface area contributed by atoms with Gasteiger partial charge in [-0.25, -0.2) is 18.4 Å². The lowest BCUT2D eigenvalue weighted by atomic mass is 10.6. The zero-order valence-corrected chi connectivity index (χ0v) is 12.2. The Balaban J connectivity index is 2.19. The molecule has 0 amide bonds. The van der Waals surface area contributed by atoms with Gasteiger partial charge in [0.05, 0.1) is 18.6 Å². The van der Waals surface area contributed by atoms with Crippen molar-refractivity contribution >= 4 is 37.7 Å². The van der Waals surface area contributed by atoms with Gasteiger partial charge in [0.2, 0.25) is 0 Å². The molecule has 0 radical (unpaired) electrons. The van der Waals surface area contributed by atoms with Crippen molar-refractivity contribution in [2.24, 2.45) is 0 Å². The Morgan fingerprint density at radius 3 is 2.70 bits per heavy atom. The van der Waals surface area contributed by atoms with Crippen molar-refractivity contribution in [3.05, 3.63) is 29.4 Å². The van der Waals surface area contributed by atoms with E-state index in [1.54, 1.807) is 0 Å². The van der Waals surface area contributed by atoms with Gasteiger partial charge in [-0.05, 0) is 15.9 Å². The highest BCUT2D eigenvalue weighted by atomic mass is 79.9. The first kappa shape index (κ1) is 14.4. The third kappa shape index (κ3) is 3.51. The number of carbonyl (C=O) groups is 1. The van der Waals surface area contributed by atoms with Crippen molar-refractivity contribution in [2.45, 2.75) is 11.4 Å². The van der Waals surface area contributed by atoms with Crippen LogP contribution in [0, 0.1) is 0 Å². The molecule has 2 aromatic rings. The first-order valence-electron chi connectivity index (χ1n) is 5.11. The Hall–Kier alpha value is -2.01. The van der Waals surface area contributed by atoms with Crippen LogP contribution in [0.3, 0.4) is 0 Å². The zero-order chi connectivity index (χ0) is 14.8. The molecule has 2 N–H and O–H groups in total. The van der Waals surface area contributed by atoms with Crippen LogP contribution in [0.5, 0.6) is 0 Å². The number of nitrogens with one attached hydrogen (secondary N) is 1. The van der Waals surface area contributed by atoms with Gasteiger partial charge in [0.1, 0.15) is 16.0 Å². The highest BCUT2D eigenvalue weighted by Gasteiger charge is 2.18. The van der Waals surface area contributed by atoms with E-state index in [4.69, 9.17) is 5.11 Å². The fourth-order valence-corrected chi connectivity index (χ4v) is 2.42. The van der Waals surface area contributed by atoms with Gasteiger partial charge < -0.3 is 5.11 Å². The largest absolute Gasteiger partial charge is 0.480 e. The fourth-order valence-electron chi connectivity index (χ4n) is 1.27. The molecule has 0 saturated heterocycles. The maximum Gasteiger partial charge on any atom is 0.325 e. The second-order valence-electron chi connectivity index (χ2n) is 3.60. The molecule has 0 atom stereocenters. The molecule has 0 aromatic carbocycles. The van der Waals surface area contributed by atoms with Gasteiger partial charge in [-0.1, -0.05) is 0 Å². The number of nitrogens with zero attached hydrogens (tertiary/aromatic N) is 4. The Kier molecular flexibility index (Phi) is 3.99. The van der Waals surface area contributed by atoms with Crippen molar-refractivity contribution in [3.63, 3.8) is 0 Å². The number of carboxylic acid groups (broad SMARTS) is 1. The van der Waals surface area contributed by atoms with Crippen LogP contribution in [-0.2, 0) is 21.4 Å². The number of aliphatic carboxylic acids is 1. The average Bonchev–Trinajstić information content (AvgIpc) is 2.80. The van der Waals surface area contributed by atoms with Crippen molar-refractivity contribution in [1.82, 2.24) is 19.7 Å². The van der Waals surface area contributed by atoms with Crippen LogP contribution in [0.1, 0.15) is 0 Å². The van der Waals surface area contributed by atoms with E-state index in [1.165, 1.54) is 12.4 Å². The Morgan fingerprint density at radius 1 is 1.35 bits per heavy atom. The first-order chi connectivity index (χ1) is 9.37. The van der Waals surface area contributed by atoms with E-state index in [1.807, 2.05) is 0 Å². The fraction of sp³-hybridized carbons (Fsp3) is 0.111. The van der Waals surface area contributed by atoms with Crippen LogP contribution < -0.4 is 4.72 Å². The van der Waals surface area contributed by atoms with Crippen LogP contribution in [0.15, 0.2) is 34.3 Å². The number of halogens is 1. The molecule has 2 heterocycles. The summed E-state index contributed by atoms with van der Waals surface area (Å²) in [6.07, 6.45) is 4.75. The number of rotatable bonds is 5. The van der Waals surface area contributed by atoms with E-state index in [0.717, 1.165) is 17.1 Å². The molecular weight excluding hydrogens is 354 g/mol. The predicted octanol–water partition coefficient (Wildman–Crippen LogP) is 0.321. The minimum Gasteiger partial charge on any atom is -0.480 e. The monoisotopic (exact) mass is 361 g/mol. The summed E-state index contributed by atoms with van der Waals surface area (Å²) in [6.45, 7) is -0.423. The number of carboxylic acids is 1. The Bertz CT molecular complexity index is 727. The summed E-state index contributed by atoms with van der Waals surface area (Å²) in [5.41, 5.74) is 0. The first-order valence-corrected chi connectivity index (χ1v) is 7.39. The SMILES string of the molecule is O=C(O)Cn1cc(S(=O)(=O)Nc2cnc(Br)cn2)cn1. The number of hydrogen-bond donors (Lipinski definition) is 2. The lowest BCUT2D eigenvalue weighted by Gasteiger charge is -2.04. The van der Waals surface area contributed by atoms with Gasteiger partial charge >= 0.3 is 5.97 Å². The summed E-state index contributed by atoms with van der Waals surface area (Å²) >= 11 is 3.08. The molecule has 0 aliphatic heterocycles. The maximum atomic E-state index is 12.0. The minimum atomic E-state index is -3.89. The molecule has 0 saturated carbocycles. The van der Waals surface area contributed by atoms with E-state index in [9.17, 15) is 13.2 Å². The van der Waals surface area contributed by atoms with Crippen LogP contribution in [0.2, 0.25) is 0 Å². The quantitative estimate of drug-likeness (QED) is 0.784. The lowest BCUT2D eigenvalue weighted by Crippen LogP contribution is -2.14. The molecule has 106 valence electrons. The van der Waals surface area contributed by atoms with E-state index in [-0.39, 0.29) is 10.7 Å². The topological polar surface area (TPSA) is 127 Å². The molecule has 2 aromatic heterocycles. The maximum absolute atomic E-state index is 12.0. The number of aromatic nitrogens is 4. The summed E-state index contributed by atoms with van der Waals surface area (Å²) in [5.74, 6) is -1.08. The summed E-state index contributed by atoms with van der Waals surface area (Å²) in [5, 5.41) is 12.2. The normalized spacial score (nSPS) is 11.2. The van der Waals surface area contributed by atoms with Gasteiger partial charge in [0, 0.05) is 6.20 Å². The minimum absolute atomic E-state index is 0.0409. The zero-order valence-electron chi connectivity index (χ0n) is 9.76. The number of hydrogen-bond acceptors (Lipinski definition) is 6. The van der Waals surface area contributed by atoms with Crippen molar-refractivity contribution < 1.29 is 18.3 Å². The van der Waals surface area contributed by atoms with Gasteiger partial charge in [-0.3, -0.25) is 14.2 Å². The highest BCUT2D eigenvalue weighted by Crippen LogP contribution is 2.13. The molecule has 20 heavy (non-hydrogen) atoms. The molecule has 0 aliphatic carbocycles. The van der Waals surface area contributed by atoms with Gasteiger partial charge in [-0.2, -0.15) is 5.10 Å². The molecular formula is C9H8BrN5O4S. The average molecular weight is 362 g/mol. The molecule has 0 spiro atoms. The standard InChI is InChI=1S/C9H8BrN5O4S/c10-7-2-12-8(3-11-7)14-20(18,19)6-1-13-15(4-6)5-9(16)17/h1-4H,5H2,(H,12,14)(H,16,17). The van der Waals surface area contributed by atoms with Crippen molar-refractivity contribution in [1.29, 1.82) is 0 Å². The van der Waals surface area contributed by atoms with Gasteiger partial charge in [0.25, 0.3) is 10.0 Å². The van der Waals surface area contributed by atoms with Crippen LogP contribution in [0.25, 0.3) is 0 Å². The second kappa shape index (κ2) is 5.54. The van der Waals surface area contributed by atoms with Crippen LogP contribution in [-0.4, -0.2) is 39.2 Å². The summed E-state index contributed by atoms with van der Waals surface area (Å²) < 4.78 is 27.7. The van der Waals surface area contributed by atoms with Crippen LogP contribution in [0.4, 0.5) is 5.82 Å². The molecule has 0 aliphatic rings. The molecule has 11 heteroatoms. The highest BCUT2D eigenvalue weighted by molar-refractivity contribution is 9.10. The van der Waals surface area contributed by atoms with E-state index in [0.29, 0.717) is 4.60 Å². The van der Waals surface area contributed by atoms with Crippen molar-refractivity contribution in [2.75, 3.05) is 4.72 Å².